The number of hydrogen-bond acceptors (Lipinski definition) is 7. The van der Waals surface area contributed by atoms with E-state index in [4.69, 9.17) is 9.47 Å². The van der Waals surface area contributed by atoms with E-state index in [9.17, 15) is 19.2 Å². The molecule has 1 heterocycles. The highest BCUT2D eigenvalue weighted by Gasteiger charge is 2.36. The lowest BCUT2D eigenvalue weighted by atomic mass is 10.1. The van der Waals surface area contributed by atoms with Crippen molar-refractivity contribution in [1.29, 1.82) is 0 Å². The minimum atomic E-state index is -0.558. The molecule has 0 saturated carbocycles. The van der Waals surface area contributed by atoms with E-state index in [0.29, 0.717) is 28.4 Å². The molecule has 0 aliphatic carbocycles. The number of amides is 4. The Hall–Kier alpha value is -4.57. The summed E-state index contributed by atoms with van der Waals surface area (Å²) in [6, 6.07) is 18.0. The van der Waals surface area contributed by atoms with Gasteiger partial charge in [-0.05, 0) is 97.3 Å². The van der Waals surface area contributed by atoms with Crippen LogP contribution in [0.2, 0.25) is 0 Å². The molecule has 2 N–H and O–H groups in total. The average Bonchev–Trinajstić information content (AvgIpc) is 3.14. The summed E-state index contributed by atoms with van der Waals surface area (Å²) in [6.07, 6.45) is 1.55. The molecule has 0 aromatic heterocycles. The van der Waals surface area contributed by atoms with Crippen molar-refractivity contribution in [3.05, 3.63) is 87.8 Å². The van der Waals surface area contributed by atoms with Gasteiger partial charge in [0, 0.05) is 11.4 Å². The number of carbonyl (C=O) groups is 4. The number of imide groups is 1. The molecular formula is C30H29N3O6S. The summed E-state index contributed by atoms with van der Waals surface area (Å²) in [5.41, 5.74) is 4.86. The summed E-state index contributed by atoms with van der Waals surface area (Å²) in [5.74, 6) is -0.660. The Morgan fingerprint density at radius 1 is 0.850 bits per heavy atom. The van der Waals surface area contributed by atoms with Gasteiger partial charge >= 0.3 is 0 Å². The SMILES string of the molecule is COc1cc(/C=C2/SC(=O)N(CC(=O)Nc3cc(C)cc(C)c3)C2=O)ccc1OCC(=O)Nc1cccc(C)c1. The highest BCUT2D eigenvalue weighted by Crippen LogP contribution is 2.34. The van der Waals surface area contributed by atoms with Gasteiger partial charge in [-0.2, -0.15) is 0 Å². The number of benzene rings is 3. The van der Waals surface area contributed by atoms with Crippen LogP contribution in [0.5, 0.6) is 11.5 Å². The molecule has 1 aliphatic rings. The van der Waals surface area contributed by atoms with E-state index in [1.165, 1.54) is 7.11 Å². The smallest absolute Gasteiger partial charge is 0.294 e. The molecule has 0 spiro atoms. The van der Waals surface area contributed by atoms with Crippen molar-refractivity contribution < 1.29 is 28.7 Å². The number of nitrogens with one attached hydrogen (secondary N) is 2. The molecule has 1 saturated heterocycles. The topological polar surface area (TPSA) is 114 Å². The van der Waals surface area contributed by atoms with Crippen molar-refractivity contribution in [1.82, 2.24) is 4.90 Å². The number of thioether (sulfide) groups is 1. The Morgan fingerprint density at radius 2 is 1.55 bits per heavy atom. The van der Waals surface area contributed by atoms with Crippen molar-refractivity contribution in [3.63, 3.8) is 0 Å². The van der Waals surface area contributed by atoms with Crippen LogP contribution in [-0.4, -0.2) is 48.1 Å². The van der Waals surface area contributed by atoms with Crippen LogP contribution in [0.4, 0.5) is 16.2 Å². The molecule has 1 fully saturated rings. The summed E-state index contributed by atoms with van der Waals surface area (Å²) in [7, 11) is 1.46. The zero-order chi connectivity index (χ0) is 28.8. The molecule has 3 aromatic carbocycles. The number of rotatable bonds is 9. The van der Waals surface area contributed by atoms with E-state index in [-0.39, 0.29) is 17.4 Å². The molecule has 3 aromatic rings. The maximum atomic E-state index is 12.9. The molecule has 40 heavy (non-hydrogen) atoms. The fourth-order valence-corrected chi connectivity index (χ4v) is 4.97. The van der Waals surface area contributed by atoms with Crippen LogP contribution in [0.1, 0.15) is 22.3 Å². The molecule has 9 nitrogen and oxygen atoms in total. The first-order chi connectivity index (χ1) is 19.1. The van der Waals surface area contributed by atoms with E-state index in [0.717, 1.165) is 33.4 Å². The van der Waals surface area contributed by atoms with Gasteiger partial charge in [0.1, 0.15) is 6.54 Å². The Morgan fingerprint density at radius 3 is 2.25 bits per heavy atom. The second-order valence-electron chi connectivity index (χ2n) is 9.31. The third-order valence-electron chi connectivity index (χ3n) is 5.83. The molecule has 4 amide bonds. The lowest BCUT2D eigenvalue weighted by Gasteiger charge is -2.13. The van der Waals surface area contributed by atoms with Gasteiger partial charge in [-0.25, -0.2) is 0 Å². The third-order valence-corrected chi connectivity index (χ3v) is 6.73. The Bertz CT molecular complexity index is 1500. The lowest BCUT2D eigenvalue weighted by Crippen LogP contribution is -2.36. The second kappa shape index (κ2) is 12.5. The predicted molar refractivity (Wildman–Crippen MR) is 156 cm³/mol. The average molecular weight is 560 g/mol. The first-order valence-electron chi connectivity index (χ1n) is 12.4. The number of aryl methyl sites for hydroxylation is 3. The van der Waals surface area contributed by atoms with E-state index < -0.39 is 23.6 Å². The van der Waals surface area contributed by atoms with Gasteiger partial charge in [-0.1, -0.05) is 24.3 Å². The second-order valence-corrected chi connectivity index (χ2v) is 10.3. The first-order valence-corrected chi connectivity index (χ1v) is 13.2. The number of carbonyl (C=O) groups excluding carboxylic acids is 4. The van der Waals surface area contributed by atoms with Gasteiger partial charge in [0.2, 0.25) is 5.91 Å². The van der Waals surface area contributed by atoms with Gasteiger partial charge < -0.3 is 20.1 Å². The van der Waals surface area contributed by atoms with E-state index in [2.05, 4.69) is 10.6 Å². The molecule has 1 aliphatic heterocycles. The molecule has 0 unspecified atom stereocenters. The van der Waals surface area contributed by atoms with Gasteiger partial charge in [-0.15, -0.1) is 0 Å². The standard InChI is InChI=1S/C30H29N3O6S/c1-18-6-5-7-22(11-18)31-28(35)17-39-24-9-8-21(14-25(24)38-4)15-26-29(36)33(30(37)40-26)16-27(34)32-23-12-19(2)10-20(3)13-23/h5-15H,16-17H2,1-4H3,(H,31,35)(H,32,34)/b26-15+. The number of anilines is 2. The van der Waals surface area contributed by atoms with Crippen molar-refractivity contribution >= 4 is 52.2 Å². The minimum Gasteiger partial charge on any atom is -0.493 e. The van der Waals surface area contributed by atoms with Gasteiger partial charge in [-0.3, -0.25) is 24.1 Å². The number of methoxy groups -OCH3 is 1. The monoisotopic (exact) mass is 559 g/mol. The minimum absolute atomic E-state index is 0.178. The highest BCUT2D eigenvalue weighted by molar-refractivity contribution is 8.18. The van der Waals surface area contributed by atoms with Crippen molar-refractivity contribution in [2.45, 2.75) is 20.8 Å². The van der Waals surface area contributed by atoms with Crippen molar-refractivity contribution in [2.75, 3.05) is 30.9 Å². The summed E-state index contributed by atoms with van der Waals surface area (Å²) >= 11 is 0.757. The Balaban J connectivity index is 1.38. The summed E-state index contributed by atoms with van der Waals surface area (Å²) in [6.45, 7) is 5.15. The molecule has 0 bridgehead atoms. The maximum absolute atomic E-state index is 12.9. The van der Waals surface area contributed by atoms with Crippen LogP contribution < -0.4 is 20.1 Å². The molecule has 4 rings (SSSR count). The van der Waals surface area contributed by atoms with Crippen molar-refractivity contribution in [2.24, 2.45) is 0 Å². The van der Waals surface area contributed by atoms with Gasteiger partial charge in [0.25, 0.3) is 17.1 Å². The molecule has 0 atom stereocenters. The van der Waals surface area contributed by atoms with Crippen LogP contribution in [0, 0.1) is 20.8 Å². The summed E-state index contributed by atoms with van der Waals surface area (Å²) < 4.78 is 11.0. The number of ether oxygens (including phenoxy) is 2. The van der Waals surface area contributed by atoms with Crippen molar-refractivity contribution in [3.8, 4) is 11.5 Å². The third kappa shape index (κ3) is 7.29. The summed E-state index contributed by atoms with van der Waals surface area (Å²) in [4.78, 5) is 51.4. The van der Waals surface area contributed by atoms with Crippen LogP contribution >= 0.6 is 11.8 Å². The summed E-state index contributed by atoms with van der Waals surface area (Å²) in [5, 5.41) is 4.99. The number of nitrogens with zero attached hydrogens (tertiary/aromatic N) is 1. The van der Waals surface area contributed by atoms with Crippen LogP contribution in [0.25, 0.3) is 6.08 Å². The maximum Gasteiger partial charge on any atom is 0.294 e. The van der Waals surface area contributed by atoms with E-state index >= 15 is 0 Å². The Labute approximate surface area is 236 Å². The van der Waals surface area contributed by atoms with E-state index in [1.54, 1.807) is 30.3 Å². The number of hydrogen-bond donors (Lipinski definition) is 2. The molecule has 206 valence electrons. The zero-order valence-corrected chi connectivity index (χ0v) is 23.4. The predicted octanol–water partition coefficient (Wildman–Crippen LogP) is 5.31. The van der Waals surface area contributed by atoms with Gasteiger partial charge in [0.05, 0.1) is 12.0 Å². The van der Waals surface area contributed by atoms with Crippen LogP contribution in [0.15, 0.2) is 65.6 Å². The van der Waals surface area contributed by atoms with Crippen LogP contribution in [-0.2, 0) is 14.4 Å². The quantitative estimate of drug-likeness (QED) is 0.342. The fraction of sp³-hybridized carbons (Fsp3) is 0.200. The molecular weight excluding hydrogens is 530 g/mol. The van der Waals surface area contributed by atoms with Gasteiger partial charge in [0.15, 0.2) is 18.1 Å². The lowest BCUT2D eigenvalue weighted by molar-refractivity contribution is -0.127. The normalized spacial score (nSPS) is 13.9. The largest absolute Gasteiger partial charge is 0.493 e. The first kappa shape index (κ1) is 28.4. The highest BCUT2D eigenvalue weighted by atomic mass is 32.2. The molecule has 10 heteroatoms. The van der Waals surface area contributed by atoms with Crippen LogP contribution in [0.3, 0.4) is 0 Å². The fourth-order valence-electron chi connectivity index (χ4n) is 4.14. The Kier molecular flexibility index (Phi) is 8.90. The zero-order valence-electron chi connectivity index (χ0n) is 22.6. The van der Waals surface area contributed by atoms with E-state index in [1.807, 2.05) is 57.2 Å². The molecule has 0 radical (unpaired) electrons.